The maximum atomic E-state index is 8.92. The lowest BCUT2D eigenvalue weighted by atomic mass is 10.2. The van der Waals surface area contributed by atoms with Crippen molar-refractivity contribution >= 4 is 10.6 Å². The maximum absolute atomic E-state index is 8.92. The van der Waals surface area contributed by atoms with Crippen molar-refractivity contribution in [1.82, 2.24) is 4.90 Å². The maximum Gasteiger partial charge on any atom is 0.0796 e. The molecule has 0 aliphatic carbocycles. The summed E-state index contributed by atoms with van der Waals surface area (Å²) in [6.07, 6.45) is 39.1. The van der Waals surface area contributed by atoms with Crippen molar-refractivity contribution in [3.8, 4) is 0 Å². The second kappa shape index (κ2) is 31.0. The Labute approximate surface area is 278 Å². The quantitative estimate of drug-likeness (QED) is 0.0717. The van der Waals surface area contributed by atoms with Crippen molar-refractivity contribution in [3.05, 3.63) is 36.5 Å². The summed E-state index contributed by atoms with van der Waals surface area (Å²) < 4.78 is 13.3. The molecular formula is C39H77NO3S. The summed E-state index contributed by atoms with van der Waals surface area (Å²) in [6, 6.07) is 0. The Morgan fingerprint density at radius 1 is 0.614 bits per heavy atom. The Balaban J connectivity index is 0.00000142. The molecule has 4 nitrogen and oxygen atoms in total. The average molecular weight is 640 g/mol. The van der Waals surface area contributed by atoms with Crippen molar-refractivity contribution in [2.75, 3.05) is 31.6 Å². The van der Waals surface area contributed by atoms with E-state index < -0.39 is 10.6 Å². The van der Waals surface area contributed by atoms with E-state index in [2.05, 4.69) is 82.2 Å². The first-order chi connectivity index (χ1) is 21.3. The van der Waals surface area contributed by atoms with Crippen molar-refractivity contribution in [2.45, 2.75) is 182 Å². The second-order valence-electron chi connectivity index (χ2n) is 13.1. The van der Waals surface area contributed by atoms with Crippen LogP contribution in [0.3, 0.4) is 0 Å². The van der Waals surface area contributed by atoms with Crippen molar-refractivity contribution in [3.63, 3.8) is 0 Å². The zero-order chi connectivity index (χ0) is 32.7. The third-order valence-electron chi connectivity index (χ3n) is 8.08. The molecule has 0 spiro atoms. The molecule has 1 heterocycles. The Morgan fingerprint density at radius 3 is 1.43 bits per heavy atom. The van der Waals surface area contributed by atoms with E-state index in [0.29, 0.717) is 0 Å². The van der Waals surface area contributed by atoms with Crippen molar-refractivity contribution < 1.29 is 13.5 Å². The normalized spacial score (nSPS) is 18.5. The van der Waals surface area contributed by atoms with Crippen LogP contribution in [-0.2, 0) is 8.37 Å². The Bertz CT molecular complexity index is 657. The molecule has 0 amide bonds. The molecule has 3 unspecified atom stereocenters. The summed E-state index contributed by atoms with van der Waals surface area (Å²) in [5.41, 5.74) is 0. The molecule has 3 atom stereocenters. The molecule has 1 N–H and O–H groups in total. The highest BCUT2D eigenvalue weighted by Crippen LogP contribution is 2.50. The first-order valence-corrected chi connectivity index (χ1v) is 20.8. The van der Waals surface area contributed by atoms with Crippen LogP contribution < -0.4 is 0 Å². The first kappa shape index (κ1) is 43.4. The Morgan fingerprint density at radius 2 is 1.02 bits per heavy atom. The summed E-state index contributed by atoms with van der Waals surface area (Å²) in [5.74, 6) is 1.06. The number of aliphatic hydroxyl groups is 1. The molecule has 262 valence electrons. The number of hydrogen-bond acceptors (Lipinski definition) is 4. The lowest BCUT2D eigenvalue weighted by Crippen LogP contribution is -2.23. The fourth-order valence-electron chi connectivity index (χ4n) is 5.29. The van der Waals surface area contributed by atoms with E-state index in [9.17, 15) is 0 Å². The van der Waals surface area contributed by atoms with Crippen LogP contribution in [0.25, 0.3) is 0 Å². The molecule has 0 aromatic rings. The van der Waals surface area contributed by atoms with Crippen molar-refractivity contribution in [2.24, 2.45) is 0 Å². The molecule has 1 saturated heterocycles. The van der Waals surface area contributed by atoms with E-state index in [0.717, 1.165) is 44.3 Å². The SMILES string of the molecule is CCCC/C=C\CCC(C)O.CCCC/C=C\CCC(C)OS(C)(CCCCN1CCCC1)OC(C)CC/C=C\CCCC. The Hall–Kier alpha value is -0.590. The largest absolute Gasteiger partial charge is 0.393 e. The van der Waals surface area contributed by atoms with Gasteiger partial charge in [-0.2, -0.15) is 10.6 Å². The predicted molar refractivity (Wildman–Crippen MR) is 200 cm³/mol. The van der Waals surface area contributed by atoms with E-state index in [-0.39, 0.29) is 18.3 Å². The molecule has 1 rings (SSSR count). The minimum Gasteiger partial charge on any atom is -0.393 e. The number of nitrogens with zero attached hydrogens (tertiary/aromatic N) is 1. The summed E-state index contributed by atoms with van der Waals surface area (Å²) in [6.45, 7) is 16.8. The van der Waals surface area contributed by atoms with E-state index in [4.69, 9.17) is 13.5 Å². The molecule has 1 fully saturated rings. The lowest BCUT2D eigenvalue weighted by Gasteiger charge is -2.43. The molecule has 5 heteroatoms. The standard InChI is InChI=1S/C29H57NO2S.C10H20O/c1-6-8-10-12-14-16-22-28(3)31-33(5,27-21-20-26-30-24-18-19-25-30)32-29(4)23-17-15-13-11-9-7-2;1-3-4-5-6-7-8-9-10(2)11/h12-15,28-29H,6-11,16-27H2,1-5H3;6-7,10-11H,3-5,8-9H2,1-2H3/b14-12-,15-13-;7-6-. The van der Waals surface area contributed by atoms with E-state index in [1.807, 2.05) is 6.92 Å². The zero-order valence-corrected chi connectivity index (χ0v) is 31.4. The van der Waals surface area contributed by atoms with Gasteiger partial charge in [-0.3, -0.25) is 8.37 Å². The lowest BCUT2D eigenvalue weighted by molar-refractivity contribution is 0.159. The van der Waals surface area contributed by atoms with Gasteiger partial charge in [0.15, 0.2) is 0 Å². The molecule has 1 aliphatic heterocycles. The third-order valence-corrected chi connectivity index (χ3v) is 10.6. The number of aliphatic hydroxyl groups excluding tert-OH is 1. The minimum atomic E-state index is -1.50. The summed E-state index contributed by atoms with van der Waals surface area (Å²) in [7, 11) is -1.50. The van der Waals surface area contributed by atoms with Gasteiger partial charge in [0.2, 0.25) is 0 Å². The van der Waals surface area contributed by atoms with Crippen LogP contribution in [0.1, 0.15) is 164 Å². The van der Waals surface area contributed by atoms with Crippen molar-refractivity contribution in [1.29, 1.82) is 0 Å². The Kier molecular flexibility index (Phi) is 30.6. The van der Waals surface area contributed by atoms with E-state index in [1.54, 1.807) is 0 Å². The van der Waals surface area contributed by atoms with Crippen LogP contribution in [0.5, 0.6) is 0 Å². The highest BCUT2D eigenvalue weighted by atomic mass is 32.3. The first-order valence-electron chi connectivity index (χ1n) is 18.7. The predicted octanol–water partition coefficient (Wildman–Crippen LogP) is 11.9. The van der Waals surface area contributed by atoms with Gasteiger partial charge in [0.25, 0.3) is 0 Å². The van der Waals surface area contributed by atoms with E-state index in [1.165, 1.54) is 103 Å². The molecule has 44 heavy (non-hydrogen) atoms. The van der Waals surface area contributed by atoms with Crippen LogP contribution in [0, 0.1) is 0 Å². The fourth-order valence-corrected chi connectivity index (χ4v) is 7.84. The van der Waals surface area contributed by atoms with Gasteiger partial charge in [-0.15, -0.1) is 0 Å². The van der Waals surface area contributed by atoms with Gasteiger partial charge in [0.1, 0.15) is 0 Å². The zero-order valence-electron chi connectivity index (χ0n) is 30.6. The van der Waals surface area contributed by atoms with Gasteiger partial charge in [0, 0.05) is 12.0 Å². The third kappa shape index (κ3) is 28.9. The summed E-state index contributed by atoms with van der Waals surface area (Å²) in [4.78, 5) is 2.62. The van der Waals surface area contributed by atoms with Gasteiger partial charge in [-0.05, 0) is 124 Å². The highest BCUT2D eigenvalue weighted by molar-refractivity contribution is 8.25. The van der Waals surface area contributed by atoms with E-state index >= 15 is 0 Å². The number of unbranched alkanes of at least 4 members (excludes halogenated alkanes) is 7. The number of allylic oxidation sites excluding steroid dienone is 6. The van der Waals surface area contributed by atoms with Crippen LogP contribution in [0.4, 0.5) is 0 Å². The number of rotatable bonds is 27. The van der Waals surface area contributed by atoms with Gasteiger partial charge >= 0.3 is 0 Å². The second-order valence-corrected chi connectivity index (χ2v) is 15.8. The smallest absolute Gasteiger partial charge is 0.0796 e. The fraction of sp³-hybridized carbons (Fsp3) is 0.846. The molecule has 0 saturated carbocycles. The minimum absolute atomic E-state index is 0.147. The average Bonchev–Trinajstić information content (AvgIpc) is 3.50. The van der Waals surface area contributed by atoms with Gasteiger partial charge in [0.05, 0.1) is 18.3 Å². The summed E-state index contributed by atoms with van der Waals surface area (Å²) >= 11 is 0. The van der Waals surface area contributed by atoms with Crippen LogP contribution in [0.2, 0.25) is 0 Å². The van der Waals surface area contributed by atoms with Gasteiger partial charge in [-0.25, -0.2) is 0 Å². The topological polar surface area (TPSA) is 41.9 Å². The molecule has 0 aromatic heterocycles. The molecule has 1 aliphatic rings. The van der Waals surface area contributed by atoms with Gasteiger partial charge in [-0.1, -0.05) is 95.8 Å². The highest BCUT2D eigenvalue weighted by Gasteiger charge is 2.22. The molecular weight excluding hydrogens is 563 g/mol. The van der Waals surface area contributed by atoms with Crippen LogP contribution >= 0.6 is 10.6 Å². The monoisotopic (exact) mass is 640 g/mol. The molecule has 0 bridgehead atoms. The number of likely N-dealkylation sites (tertiary alicyclic amines) is 1. The van der Waals surface area contributed by atoms with Crippen LogP contribution in [0.15, 0.2) is 36.5 Å². The van der Waals surface area contributed by atoms with Gasteiger partial charge < -0.3 is 10.0 Å². The molecule has 0 aromatic carbocycles. The molecule has 0 radical (unpaired) electrons. The van der Waals surface area contributed by atoms with Crippen LogP contribution in [-0.4, -0.2) is 60.0 Å². The number of hydrogen-bond donors (Lipinski definition) is 1. The summed E-state index contributed by atoms with van der Waals surface area (Å²) in [5, 5.41) is 8.92.